The van der Waals surface area contributed by atoms with Gasteiger partial charge >= 0.3 is 5.56 Å². The summed E-state index contributed by atoms with van der Waals surface area (Å²) in [5.41, 5.74) is 9.04. The van der Waals surface area contributed by atoms with Gasteiger partial charge in [-0.25, -0.2) is 0 Å². The summed E-state index contributed by atoms with van der Waals surface area (Å²) in [6.07, 6.45) is 6.91. The van der Waals surface area contributed by atoms with Crippen LogP contribution in [0.4, 0.5) is 11.4 Å². The summed E-state index contributed by atoms with van der Waals surface area (Å²) >= 11 is 6.16. The first-order valence-electron chi connectivity index (χ1n) is 14.1. The summed E-state index contributed by atoms with van der Waals surface area (Å²) in [5, 5.41) is 4.90. The predicted octanol–water partition coefficient (Wildman–Crippen LogP) is 4.28. The average Bonchev–Trinajstić information content (AvgIpc) is 2.96. The number of unbranched alkanes of at least 4 members (excludes halogenated alkanes) is 4. The summed E-state index contributed by atoms with van der Waals surface area (Å²) < 4.78 is 37.5. The van der Waals surface area contributed by atoms with E-state index in [4.69, 9.17) is 22.1 Å². The molecule has 3 aromatic rings. The summed E-state index contributed by atoms with van der Waals surface area (Å²) in [6.45, 7) is 5.89. The van der Waals surface area contributed by atoms with Crippen molar-refractivity contribution in [2.75, 3.05) is 43.4 Å². The van der Waals surface area contributed by atoms with Crippen molar-refractivity contribution in [1.29, 1.82) is 0 Å². The largest absolute Gasteiger partial charge is 0.486 e. The van der Waals surface area contributed by atoms with E-state index in [0.717, 1.165) is 36.8 Å². The van der Waals surface area contributed by atoms with Gasteiger partial charge in [-0.2, -0.15) is 27.2 Å². The van der Waals surface area contributed by atoms with Gasteiger partial charge in [0.25, 0.3) is 10.2 Å². The number of halogens is 1. The molecule has 1 aromatic heterocycles. The van der Waals surface area contributed by atoms with Gasteiger partial charge in [0, 0.05) is 43.4 Å². The molecule has 0 saturated carbocycles. The van der Waals surface area contributed by atoms with Crippen LogP contribution in [0.5, 0.6) is 5.75 Å². The minimum atomic E-state index is -3.71. The Kier molecular flexibility index (Phi) is 10.7. The normalized spacial score (nSPS) is 14.4. The second-order valence-corrected chi connectivity index (χ2v) is 12.4. The molecule has 0 spiro atoms. The van der Waals surface area contributed by atoms with Crippen LogP contribution in [0.15, 0.2) is 53.5 Å². The molecule has 0 bridgehead atoms. The molecule has 10 nitrogen and oxygen atoms in total. The van der Waals surface area contributed by atoms with Crippen LogP contribution in [0.2, 0.25) is 5.02 Å². The van der Waals surface area contributed by atoms with E-state index >= 15 is 0 Å². The molecule has 1 fully saturated rings. The molecule has 0 unspecified atom stereocenters. The van der Waals surface area contributed by atoms with E-state index in [-0.39, 0.29) is 30.9 Å². The van der Waals surface area contributed by atoms with E-state index in [2.05, 4.69) is 16.7 Å². The lowest BCUT2D eigenvalue weighted by Gasteiger charge is -2.35. The van der Waals surface area contributed by atoms with Crippen molar-refractivity contribution in [2.24, 2.45) is 0 Å². The number of anilines is 2. The van der Waals surface area contributed by atoms with Crippen molar-refractivity contribution >= 4 is 33.2 Å². The molecule has 1 aliphatic rings. The van der Waals surface area contributed by atoms with Crippen molar-refractivity contribution in [3.05, 3.63) is 75.2 Å². The van der Waals surface area contributed by atoms with Crippen LogP contribution in [0.1, 0.15) is 50.2 Å². The highest BCUT2D eigenvalue weighted by molar-refractivity contribution is 7.87. The lowest BCUT2D eigenvalue weighted by atomic mass is 10.1. The Morgan fingerprint density at radius 3 is 2.51 bits per heavy atom. The number of nitrogen functional groups attached to an aromatic ring is 1. The molecule has 4 rings (SSSR count). The van der Waals surface area contributed by atoms with Gasteiger partial charge in [-0.1, -0.05) is 62.4 Å². The first-order valence-corrected chi connectivity index (χ1v) is 15.9. The molecule has 0 atom stereocenters. The standard InChI is InChI=1S/C29H39ClN6O4S/c1-3-4-5-6-7-17-40-28-27(21-32-36(29(28)37)25-10-8-9-24(30)19-25)34-13-15-35(16-14-34)41(38,39)33-20-23-12-11-22(2)26(31)18-23/h8-12,18-19,21,33H,3-7,13-17,20,31H2,1-2H3. The van der Waals surface area contributed by atoms with Crippen molar-refractivity contribution in [2.45, 2.75) is 52.5 Å². The van der Waals surface area contributed by atoms with Gasteiger partial charge in [0.05, 0.1) is 18.5 Å². The molecular weight excluding hydrogens is 564 g/mol. The van der Waals surface area contributed by atoms with Crippen LogP contribution < -0.4 is 25.7 Å². The Hall–Kier alpha value is -3.12. The fourth-order valence-corrected chi connectivity index (χ4v) is 6.06. The summed E-state index contributed by atoms with van der Waals surface area (Å²) in [5.74, 6) is 0.210. The molecule has 2 aromatic carbocycles. The van der Waals surface area contributed by atoms with E-state index in [1.807, 2.05) is 24.0 Å². The van der Waals surface area contributed by atoms with Crippen molar-refractivity contribution in [3.63, 3.8) is 0 Å². The third kappa shape index (κ3) is 8.00. The van der Waals surface area contributed by atoms with Crippen molar-refractivity contribution < 1.29 is 13.2 Å². The second-order valence-electron chi connectivity index (χ2n) is 10.2. The maximum Gasteiger partial charge on any atom is 0.316 e. The number of hydrogen-bond donors (Lipinski definition) is 2. The maximum absolute atomic E-state index is 13.6. The summed E-state index contributed by atoms with van der Waals surface area (Å²) in [4.78, 5) is 15.5. The Morgan fingerprint density at radius 1 is 1.05 bits per heavy atom. The van der Waals surface area contributed by atoms with Gasteiger partial charge in [-0.15, -0.1) is 0 Å². The monoisotopic (exact) mass is 602 g/mol. The molecule has 0 aliphatic carbocycles. The molecule has 3 N–H and O–H groups in total. The zero-order valence-electron chi connectivity index (χ0n) is 23.7. The zero-order chi connectivity index (χ0) is 29.4. The van der Waals surface area contributed by atoms with Crippen LogP contribution in [-0.4, -0.2) is 55.3 Å². The number of hydrogen-bond acceptors (Lipinski definition) is 7. The van der Waals surface area contributed by atoms with Crippen LogP contribution >= 0.6 is 11.6 Å². The highest BCUT2D eigenvalue weighted by Crippen LogP contribution is 2.27. The first-order chi connectivity index (χ1) is 19.7. The number of aryl methyl sites for hydroxylation is 1. The molecule has 41 heavy (non-hydrogen) atoms. The molecule has 1 aliphatic heterocycles. The molecule has 0 radical (unpaired) electrons. The number of aromatic nitrogens is 2. The quantitative estimate of drug-likeness (QED) is 0.221. The van der Waals surface area contributed by atoms with Crippen molar-refractivity contribution in [1.82, 2.24) is 18.8 Å². The molecule has 2 heterocycles. The third-order valence-electron chi connectivity index (χ3n) is 7.18. The van der Waals surface area contributed by atoms with E-state index in [1.54, 1.807) is 36.5 Å². The average molecular weight is 603 g/mol. The second kappa shape index (κ2) is 14.2. The Balaban J connectivity index is 1.47. The van der Waals surface area contributed by atoms with E-state index in [9.17, 15) is 13.2 Å². The number of benzene rings is 2. The Morgan fingerprint density at radius 2 is 1.80 bits per heavy atom. The predicted molar refractivity (Wildman–Crippen MR) is 164 cm³/mol. The molecule has 12 heteroatoms. The Labute approximate surface area is 247 Å². The molecule has 1 saturated heterocycles. The number of piperazine rings is 1. The number of nitrogens with two attached hydrogens (primary N) is 1. The van der Waals surface area contributed by atoms with E-state index in [0.29, 0.717) is 41.8 Å². The molecule has 0 amide bonds. The van der Waals surface area contributed by atoms with E-state index in [1.165, 1.54) is 15.4 Å². The smallest absolute Gasteiger partial charge is 0.316 e. The third-order valence-corrected chi connectivity index (χ3v) is 8.97. The Bertz CT molecular complexity index is 1490. The lowest BCUT2D eigenvalue weighted by Crippen LogP contribution is -2.52. The van der Waals surface area contributed by atoms with Crippen LogP contribution in [0, 0.1) is 6.92 Å². The van der Waals surface area contributed by atoms with Crippen LogP contribution in [0.3, 0.4) is 0 Å². The van der Waals surface area contributed by atoms with Gasteiger partial charge in [0.15, 0.2) is 0 Å². The summed E-state index contributed by atoms with van der Waals surface area (Å²) in [6, 6.07) is 12.4. The van der Waals surface area contributed by atoms with Gasteiger partial charge in [-0.3, -0.25) is 4.79 Å². The first kappa shape index (κ1) is 30.8. The minimum absolute atomic E-state index is 0.148. The minimum Gasteiger partial charge on any atom is -0.486 e. The zero-order valence-corrected chi connectivity index (χ0v) is 25.3. The topological polar surface area (TPSA) is 123 Å². The number of rotatable bonds is 13. The number of ether oxygens (including phenoxy) is 1. The highest BCUT2D eigenvalue weighted by atomic mass is 35.5. The van der Waals surface area contributed by atoms with Crippen LogP contribution in [0.25, 0.3) is 5.69 Å². The van der Waals surface area contributed by atoms with Gasteiger partial charge in [-0.05, 0) is 48.7 Å². The number of nitrogens with one attached hydrogen (secondary N) is 1. The molecule has 222 valence electrons. The van der Waals surface area contributed by atoms with Crippen LogP contribution in [-0.2, 0) is 16.8 Å². The number of nitrogens with zero attached hydrogens (tertiary/aromatic N) is 4. The molecular formula is C29H39ClN6O4S. The fourth-order valence-electron chi connectivity index (χ4n) is 4.70. The fraction of sp³-hybridized carbons (Fsp3) is 0.448. The SMILES string of the molecule is CCCCCCCOc1c(N2CCN(S(=O)(=O)NCc3ccc(C)c(N)c3)CC2)cnn(-c2cccc(Cl)c2)c1=O. The highest BCUT2D eigenvalue weighted by Gasteiger charge is 2.29. The van der Waals surface area contributed by atoms with Gasteiger partial charge in [0.1, 0.15) is 5.69 Å². The van der Waals surface area contributed by atoms with Crippen molar-refractivity contribution in [3.8, 4) is 11.4 Å². The lowest BCUT2D eigenvalue weighted by molar-refractivity contribution is 0.297. The summed E-state index contributed by atoms with van der Waals surface area (Å²) in [7, 11) is -3.71. The van der Waals surface area contributed by atoms with Gasteiger partial charge in [0.2, 0.25) is 5.75 Å². The maximum atomic E-state index is 13.6. The van der Waals surface area contributed by atoms with E-state index < -0.39 is 10.2 Å². The van der Waals surface area contributed by atoms with Gasteiger partial charge < -0.3 is 15.4 Å².